The van der Waals surface area contributed by atoms with E-state index in [9.17, 15) is 31.1 Å². The van der Waals surface area contributed by atoms with Crippen molar-refractivity contribution in [2.45, 2.75) is 31.6 Å². The summed E-state index contributed by atoms with van der Waals surface area (Å²) >= 11 is 0. The Kier molecular flexibility index (Phi) is 6.10. The number of carbonyl (C=O) groups is 1. The van der Waals surface area contributed by atoms with Crippen LogP contribution in [-0.4, -0.2) is 56.0 Å². The maximum atomic E-state index is 13.1. The van der Waals surface area contributed by atoms with Gasteiger partial charge in [0.1, 0.15) is 0 Å². The number of amides is 1. The summed E-state index contributed by atoms with van der Waals surface area (Å²) in [6.07, 6.45) is -11.7. The van der Waals surface area contributed by atoms with Crippen LogP contribution in [0.5, 0.6) is 0 Å². The summed E-state index contributed by atoms with van der Waals surface area (Å²) in [5.74, 6) is -0.737. The second kappa shape index (κ2) is 6.87. The first-order valence-electron chi connectivity index (χ1n) is 7.20. The van der Waals surface area contributed by atoms with Crippen LogP contribution in [0.15, 0.2) is 0 Å². The smallest absolute Gasteiger partial charge is 0.381 e. The predicted octanol–water partition coefficient (Wildman–Crippen LogP) is 2.51. The topological polar surface area (TPSA) is 55.6 Å². The Morgan fingerprint density at radius 2 is 1.54 bits per heavy atom. The van der Waals surface area contributed by atoms with Crippen LogP contribution in [0, 0.1) is 10.8 Å². The van der Waals surface area contributed by atoms with E-state index in [4.69, 9.17) is 10.5 Å². The van der Waals surface area contributed by atoms with E-state index in [1.54, 1.807) is 0 Å². The van der Waals surface area contributed by atoms with Crippen molar-refractivity contribution < 1.29 is 35.9 Å². The molecule has 0 aromatic rings. The molecule has 142 valence electrons. The number of alkyl halides is 6. The molecule has 2 rings (SSSR count). The van der Waals surface area contributed by atoms with Crippen molar-refractivity contribution in [3.63, 3.8) is 0 Å². The minimum absolute atomic E-state index is 0. The van der Waals surface area contributed by atoms with E-state index < -0.39 is 48.6 Å². The first-order chi connectivity index (χ1) is 10.5. The van der Waals surface area contributed by atoms with Gasteiger partial charge in [0.05, 0.1) is 5.41 Å². The molecule has 2 fully saturated rings. The number of ether oxygens (including phenoxy) is 1. The Balaban J connectivity index is 0.00000288. The Morgan fingerprint density at radius 1 is 1.04 bits per heavy atom. The molecule has 2 saturated heterocycles. The molecule has 0 saturated carbocycles. The van der Waals surface area contributed by atoms with Crippen LogP contribution in [0.2, 0.25) is 0 Å². The average molecular weight is 385 g/mol. The first kappa shape index (κ1) is 21.3. The quantitative estimate of drug-likeness (QED) is 0.744. The maximum Gasteiger partial charge on any atom is 0.404 e. The zero-order chi connectivity index (χ0) is 17.5. The third-order valence-electron chi connectivity index (χ3n) is 4.94. The number of carbonyl (C=O) groups excluding carboxylic acids is 1. The third kappa shape index (κ3) is 3.32. The van der Waals surface area contributed by atoms with E-state index in [0.717, 1.165) is 0 Å². The molecular formula is C13H19ClF6N2O2. The molecule has 2 heterocycles. The second-order valence-corrected chi connectivity index (χ2v) is 6.15. The zero-order valence-corrected chi connectivity index (χ0v) is 13.5. The Morgan fingerprint density at radius 3 is 1.92 bits per heavy atom. The van der Waals surface area contributed by atoms with Gasteiger partial charge in [-0.2, -0.15) is 26.3 Å². The molecular weight excluding hydrogens is 366 g/mol. The van der Waals surface area contributed by atoms with Gasteiger partial charge in [0.2, 0.25) is 5.91 Å². The van der Waals surface area contributed by atoms with Crippen LogP contribution in [0.4, 0.5) is 26.3 Å². The molecule has 24 heavy (non-hydrogen) atoms. The van der Waals surface area contributed by atoms with Crippen LogP contribution in [0.3, 0.4) is 0 Å². The maximum absolute atomic E-state index is 13.1. The van der Waals surface area contributed by atoms with Gasteiger partial charge in [0, 0.05) is 32.8 Å². The molecule has 0 spiro atoms. The van der Waals surface area contributed by atoms with Crippen molar-refractivity contribution in [1.29, 1.82) is 0 Å². The predicted molar refractivity (Wildman–Crippen MR) is 74.5 cm³/mol. The molecule has 0 aliphatic carbocycles. The summed E-state index contributed by atoms with van der Waals surface area (Å²) in [7, 11) is 0. The monoisotopic (exact) mass is 384 g/mol. The van der Waals surface area contributed by atoms with Gasteiger partial charge in [0.25, 0.3) is 0 Å². The zero-order valence-electron chi connectivity index (χ0n) is 12.7. The fourth-order valence-corrected chi connectivity index (χ4v) is 3.21. The molecule has 0 aromatic heterocycles. The molecule has 11 heteroatoms. The molecule has 2 aliphatic heterocycles. The highest BCUT2D eigenvalue weighted by atomic mass is 35.5. The summed E-state index contributed by atoms with van der Waals surface area (Å²) in [4.78, 5) is 13.2. The number of likely N-dealkylation sites (tertiary alicyclic amines) is 1. The van der Waals surface area contributed by atoms with Gasteiger partial charge in [-0.3, -0.25) is 4.79 Å². The van der Waals surface area contributed by atoms with Gasteiger partial charge >= 0.3 is 12.4 Å². The molecule has 0 atom stereocenters. The Bertz CT molecular complexity index is 448. The highest BCUT2D eigenvalue weighted by molar-refractivity contribution is 5.85. The normalized spacial score (nSPS) is 23.7. The lowest BCUT2D eigenvalue weighted by Gasteiger charge is -2.39. The fraction of sp³-hybridized carbons (Fsp3) is 0.923. The minimum atomic E-state index is -5.47. The average Bonchev–Trinajstić information content (AvgIpc) is 2.93. The number of rotatable bonds is 2. The number of hydrogen-bond donors (Lipinski definition) is 1. The van der Waals surface area contributed by atoms with Crippen LogP contribution < -0.4 is 5.73 Å². The van der Waals surface area contributed by atoms with E-state index in [2.05, 4.69) is 0 Å². The summed E-state index contributed by atoms with van der Waals surface area (Å²) in [5, 5.41) is 0. The van der Waals surface area contributed by atoms with Crippen molar-refractivity contribution in [3.8, 4) is 0 Å². The lowest BCUT2D eigenvalue weighted by molar-refractivity contribution is -0.335. The molecule has 0 bridgehead atoms. The van der Waals surface area contributed by atoms with Gasteiger partial charge in [-0.05, 0) is 19.3 Å². The summed E-state index contributed by atoms with van der Waals surface area (Å²) in [6.45, 7) is -1.69. The van der Waals surface area contributed by atoms with Gasteiger partial charge in [-0.1, -0.05) is 0 Å². The van der Waals surface area contributed by atoms with E-state index in [-0.39, 0.29) is 45.0 Å². The number of hydrogen-bond acceptors (Lipinski definition) is 3. The molecule has 2 N–H and O–H groups in total. The Hall–Kier alpha value is -0.740. The largest absolute Gasteiger partial charge is 0.404 e. The van der Waals surface area contributed by atoms with Crippen LogP contribution >= 0.6 is 12.4 Å². The molecule has 1 amide bonds. The van der Waals surface area contributed by atoms with Gasteiger partial charge < -0.3 is 15.4 Å². The number of halogens is 7. The molecule has 0 radical (unpaired) electrons. The summed E-state index contributed by atoms with van der Waals surface area (Å²) in [5.41, 5.74) is 0.601. The second-order valence-electron chi connectivity index (χ2n) is 6.15. The number of nitrogens with two attached hydrogens (primary N) is 1. The SMILES string of the molecule is Cl.NCC1(C(=O)N2CCC(C(F)(F)F)(C(F)(F)F)C2)CCOCC1. The van der Waals surface area contributed by atoms with Crippen molar-refractivity contribution in [2.24, 2.45) is 16.6 Å². The number of nitrogens with zero attached hydrogens (tertiary/aromatic N) is 1. The summed E-state index contributed by atoms with van der Waals surface area (Å²) in [6, 6.07) is 0. The van der Waals surface area contributed by atoms with Crippen LogP contribution in [0.1, 0.15) is 19.3 Å². The lowest BCUT2D eigenvalue weighted by atomic mass is 9.78. The first-order valence-corrected chi connectivity index (χ1v) is 7.20. The minimum Gasteiger partial charge on any atom is -0.381 e. The van der Waals surface area contributed by atoms with Crippen molar-refractivity contribution in [3.05, 3.63) is 0 Å². The van der Waals surface area contributed by atoms with Crippen molar-refractivity contribution in [1.82, 2.24) is 4.90 Å². The highest BCUT2D eigenvalue weighted by Gasteiger charge is 2.73. The fourth-order valence-electron chi connectivity index (χ4n) is 3.21. The van der Waals surface area contributed by atoms with Gasteiger partial charge in [0.15, 0.2) is 5.41 Å². The third-order valence-corrected chi connectivity index (χ3v) is 4.94. The van der Waals surface area contributed by atoms with Gasteiger partial charge in [-0.25, -0.2) is 0 Å². The molecule has 0 aromatic carbocycles. The van der Waals surface area contributed by atoms with Crippen molar-refractivity contribution in [2.75, 3.05) is 32.8 Å². The van der Waals surface area contributed by atoms with E-state index in [0.29, 0.717) is 4.90 Å². The molecule has 4 nitrogen and oxygen atoms in total. The highest BCUT2D eigenvalue weighted by Crippen LogP contribution is 2.56. The van der Waals surface area contributed by atoms with E-state index in [1.807, 2.05) is 0 Å². The van der Waals surface area contributed by atoms with E-state index in [1.165, 1.54) is 0 Å². The summed E-state index contributed by atoms with van der Waals surface area (Å²) < 4.78 is 83.5. The lowest BCUT2D eigenvalue weighted by Crippen LogP contribution is -2.55. The van der Waals surface area contributed by atoms with Crippen molar-refractivity contribution >= 4 is 18.3 Å². The van der Waals surface area contributed by atoms with E-state index >= 15 is 0 Å². The Labute approximate surface area is 141 Å². The van der Waals surface area contributed by atoms with Crippen LogP contribution in [-0.2, 0) is 9.53 Å². The standard InChI is InChI=1S/C13H18F6N2O2.ClH/c14-12(15,16)11(13(17,18)19)1-4-21(8-11)9(22)10(7-20)2-5-23-6-3-10;/h1-8,20H2;1H. The van der Waals surface area contributed by atoms with Crippen LogP contribution in [0.25, 0.3) is 0 Å². The van der Waals surface area contributed by atoms with Gasteiger partial charge in [-0.15, -0.1) is 12.4 Å². The molecule has 0 unspecified atom stereocenters. The molecule has 2 aliphatic rings.